The number of hydrogen-bond acceptors (Lipinski definition) is 6. The van der Waals surface area contributed by atoms with Crippen LogP contribution in [0.25, 0.3) is 6.08 Å². The zero-order valence-corrected chi connectivity index (χ0v) is 23.6. The maximum absolute atomic E-state index is 13.7. The number of esters is 1. The van der Waals surface area contributed by atoms with E-state index in [1.807, 2.05) is 93.6 Å². The summed E-state index contributed by atoms with van der Waals surface area (Å²) in [6.07, 6.45) is 5.76. The monoisotopic (exact) mass is 547 g/mol. The van der Waals surface area contributed by atoms with Crippen LogP contribution in [-0.2, 0) is 9.53 Å². The molecule has 196 valence electrons. The summed E-state index contributed by atoms with van der Waals surface area (Å²) in [5.74, 6) is -0.465. The van der Waals surface area contributed by atoms with Crippen molar-refractivity contribution < 1.29 is 9.53 Å². The molecule has 0 aliphatic carbocycles. The summed E-state index contributed by atoms with van der Waals surface area (Å²) < 4.78 is 7.47. The number of rotatable bonds is 7. The van der Waals surface area contributed by atoms with Crippen molar-refractivity contribution in [2.75, 3.05) is 11.5 Å². The minimum absolute atomic E-state index is 0.207. The Balaban J connectivity index is 1.85. The van der Waals surface area contributed by atoms with Crippen LogP contribution in [0.2, 0.25) is 5.02 Å². The van der Waals surface area contributed by atoms with Gasteiger partial charge in [-0.15, -0.1) is 0 Å². The molecule has 38 heavy (non-hydrogen) atoms. The van der Waals surface area contributed by atoms with Crippen molar-refractivity contribution in [2.45, 2.75) is 40.7 Å². The van der Waals surface area contributed by atoms with Crippen LogP contribution in [0.15, 0.2) is 99.2 Å². The van der Waals surface area contributed by atoms with Crippen LogP contribution in [0, 0.1) is 0 Å². The van der Waals surface area contributed by atoms with Gasteiger partial charge in [0.15, 0.2) is 4.80 Å². The van der Waals surface area contributed by atoms with Gasteiger partial charge in [-0.3, -0.25) is 9.36 Å². The molecule has 0 amide bonds. The number of fused-ring (bicyclic) bond motifs is 1. The molecule has 1 aliphatic rings. The third kappa shape index (κ3) is 5.44. The Labute approximate surface area is 231 Å². The van der Waals surface area contributed by atoms with Crippen molar-refractivity contribution in [2.24, 2.45) is 4.99 Å². The highest BCUT2D eigenvalue weighted by molar-refractivity contribution is 7.07. The first kappa shape index (κ1) is 27.4. The molecule has 0 radical (unpaired) electrons. The summed E-state index contributed by atoms with van der Waals surface area (Å²) in [4.78, 5) is 34.0. The summed E-state index contributed by atoms with van der Waals surface area (Å²) in [5, 5.41) is 0.667. The first-order valence-corrected chi connectivity index (χ1v) is 13.6. The number of ether oxygens (including phenoxy) is 1. The van der Waals surface area contributed by atoms with E-state index in [1.54, 1.807) is 18.4 Å². The molecule has 8 heteroatoms. The van der Waals surface area contributed by atoms with E-state index < -0.39 is 12.0 Å². The maximum atomic E-state index is 13.7. The second-order valence-corrected chi connectivity index (χ2v) is 10.2. The van der Waals surface area contributed by atoms with Gasteiger partial charge in [0.25, 0.3) is 5.56 Å². The average molecular weight is 548 g/mol. The molecule has 1 aromatic heterocycles. The van der Waals surface area contributed by atoms with Gasteiger partial charge in [-0.05, 0) is 76.6 Å². The van der Waals surface area contributed by atoms with Gasteiger partial charge in [0.1, 0.15) is 0 Å². The maximum Gasteiger partial charge on any atom is 0.338 e. The number of anilines is 1. The third-order valence-corrected chi connectivity index (χ3v) is 7.57. The molecule has 0 saturated heterocycles. The fourth-order valence-electron chi connectivity index (χ4n) is 4.43. The first-order valence-electron chi connectivity index (χ1n) is 12.4. The van der Waals surface area contributed by atoms with E-state index in [1.165, 1.54) is 11.3 Å². The lowest BCUT2D eigenvalue weighted by molar-refractivity contribution is -0.139. The number of benzene rings is 2. The number of hydrogen-bond donors (Lipinski definition) is 0. The average Bonchev–Trinajstić information content (AvgIpc) is 3.22. The molecular formula is C30H30ClN3O3S. The number of carbonyl (C=O) groups excluding carboxylic acids is 1. The van der Waals surface area contributed by atoms with Crippen LogP contribution < -0.4 is 19.8 Å². The number of halogens is 1. The molecule has 0 spiro atoms. The molecule has 0 fully saturated rings. The fraction of sp³-hybridized carbons (Fsp3) is 0.233. The molecule has 6 nitrogen and oxygen atoms in total. The summed E-state index contributed by atoms with van der Waals surface area (Å²) in [5.41, 5.74) is 4.47. The number of carbonyl (C=O) groups is 1. The quantitative estimate of drug-likeness (QED) is 0.354. The van der Waals surface area contributed by atoms with Gasteiger partial charge in [0.05, 0.1) is 28.5 Å². The topological polar surface area (TPSA) is 63.9 Å². The number of thiazole rings is 1. The summed E-state index contributed by atoms with van der Waals surface area (Å²) >= 11 is 7.40. The van der Waals surface area contributed by atoms with Crippen LogP contribution in [0.5, 0.6) is 0 Å². The number of allylic oxidation sites excluding steroid dienone is 5. The summed E-state index contributed by atoms with van der Waals surface area (Å²) in [6.45, 7) is 9.79. The van der Waals surface area contributed by atoms with Gasteiger partial charge in [0.2, 0.25) is 0 Å². The second-order valence-electron chi connectivity index (χ2n) is 8.79. The molecular weight excluding hydrogens is 518 g/mol. The standard InChI is InChI=1S/C30H30ClN3O3S/c1-6-19(3)33(24-16-14-23(31)15-17-24)20(4)13-18-25-28(35)34-27(22-11-9-8-10-12-22)26(29(36)37-7-2)21(5)32-30(34)38-25/h6,8-18,27H,7H2,1-5H3/b19-6-,20-13+,25-18-. The van der Waals surface area contributed by atoms with Crippen molar-refractivity contribution in [1.29, 1.82) is 0 Å². The van der Waals surface area contributed by atoms with Gasteiger partial charge in [-0.1, -0.05) is 59.3 Å². The Bertz CT molecular complexity index is 1610. The van der Waals surface area contributed by atoms with Crippen molar-refractivity contribution in [3.63, 3.8) is 0 Å². The van der Waals surface area contributed by atoms with Crippen LogP contribution >= 0.6 is 22.9 Å². The highest BCUT2D eigenvalue weighted by Gasteiger charge is 2.33. The van der Waals surface area contributed by atoms with Gasteiger partial charge in [-0.25, -0.2) is 9.79 Å². The van der Waals surface area contributed by atoms with E-state index in [0.717, 1.165) is 22.6 Å². The van der Waals surface area contributed by atoms with E-state index in [-0.39, 0.29) is 12.2 Å². The van der Waals surface area contributed by atoms with E-state index >= 15 is 0 Å². The van der Waals surface area contributed by atoms with Gasteiger partial charge < -0.3 is 9.64 Å². The minimum atomic E-state index is -0.616. The normalized spacial score (nSPS) is 16.3. The largest absolute Gasteiger partial charge is 0.463 e. The zero-order chi connectivity index (χ0) is 27.4. The third-order valence-electron chi connectivity index (χ3n) is 6.32. The molecule has 1 aliphatic heterocycles. The van der Waals surface area contributed by atoms with Gasteiger partial charge in [-0.2, -0.15) is 0 Å². The lowest BCUT2D eigenvalue weighted by Gasteiger charge is -2.26. The van der Waals surface area contributed by atoms with Gasteiger partial charge >= 0.3 is 5.97 Å². The molecule has 1 atom stereocenters. The van der Waals surface area contributed by atoms with E-state index in [2.05, 4.69) is 9.89 Å². The van der Waals surface area contributed by atoms with Crippen LogP contribution in [0.3, 0.4) is 0 Å². The molecule has 3 aromatic rings. The second kappa shape index (κ2) is 11.8. The van der Waals surface area contributed by atoms with E-state index in [0.29, 0.717) is 25.6 Å². The van der Waals surface area contributed by atoms with Crippen LogP contribution in [-0.4, -0.2) is 17.1 Å². The number of nitrogens with zero attached hydrogens (tertiary/aromatic N) is 3. The summed E-state index contributed by atoms with van der Waals surface area (Å²) in [7, 11) is 0. The molecule has 0 saturated carbocycles. The van der Waals surface area contributed by atoms with E-state index in [9.17, 15) is 9.59 Å². The molecule has 1 unspecified atom stereocenters. The SMILES string of the molecule is C/C=C(/C)N(/C(C)=C/C=c1\sc2n(c1=O)C(c1ccccc1)C(C(=O)OCC)=C(C)N=2)c1ccc(Cl)cc1. The Morgan fingerprint density at radius 1 is 1.13 bits per heavy atom. The lowest BCUT2D eigenvalue weighted by atomic mass is 9.96. The fourth-order valence-corrected chi connectivity index (χ4v) is 5.55. The zero-order valence-electron chi connectivity index (χ0n) is 22.1. The predicted molar refractivity (Wildman–Crippen MR) is 155 cm³/mol. The summed E-state index contributed by atoms with van der Waals surface area (Å²) in [6, 6.07) is 16.5. The number of aromatic nitrogens is 1. The van der Waals surface area contributed by atoms with Crippen molar-refractivity contribution in [3.8, 4) is 0 Å². The molecule has 2 aromatic carbocycles. The Morgan fingerprint density at radius 3 is 2.45 bits per heavy atom. The van der Waals surface area contributed by atoms with Gasteiger partial charge in [0, 0.05) is 22.1 Å². The predicted octanol–water partition coefficient (Wildman–Crippen LogP) is 5.74. The lowest BCUT2D eigenvalue weighted by Crippen LogP contribution is -2.39. The van der Waals surface area contributed by atoms with Crippen LogP contribution in [0.4, 0.5) is 5.69 Å². The smallest absolute Gasteiger partial charge is 0.338 e. The van der Waals surface area contributed by atoms with Crippen molar-refractivity contribution >= 4 is 40.7 Å². The van der Waals surface area contributed by atoms with Crippen LogP contribution in [0.1, 0.15) is 46.2 Å². The van der Waals surface area contributed by atoms with E-state index in [4.69, 9.17) is 16.3 Å². The molecule has 0 bridgehead atoms. The van der Waals surface area contributed by atoms with Crippen molar-refractivity contribution in [1.82, 2.24) is 4.57 Å². The highest BCUT2D eigenvalue weighted by atomic mass is 35.5. The minimum Gasteiger partial charge on any atom is -0.463 e. The Kier molecular flexibility index (Phi) is 8.49. The first-order chi connectivity index (χ1) is 18.3. The van der Waals surface area contributed by atoms with Crippen molar-refractivity contribution in [3.05, 3.63) is 120 Å². The Morgan fingerprint density at radius 2 is 1.82 bits per heavy atom. The Hall–Kier alpha value is -3.68. The molecule has 4 rings (SSSR count). The molecule has 0 N–H and O–H groups in total. The molecule has 2 heterocycles. The highest BCUT2D eigenvalue weighted by Crippen LogP contribution is 2.30.